The maximum Gasteiger partial charge on any atom is 0.159 e. The summed E-state index contributed by atoms with van der Waals surface area (Å²) in [5.41, 5.74) is 0. The highest BCUT2D eigenvalue weighted by Crippen LogP contribution is 2.50. The molecule has 3 heteroatoms. The van der Waals surface area contributed by atoms with E-state index in [1.807, 2.05) is 0 Å². The molecule has 1 saturated heterocycles. The predicted molar refractivity (Wildman–Crippen MR) is 69.6 cm³/mol. The van der Waals surface area contributed by atoms with Crippen LogP contribution in [0.25, 0.3) is 0 Å². The molecule has 0 aromatic heterocycles. The van der Waals surface area contributed by atoms with Crippen LogP contribution in [0.2, 0.25) is 0 Å². The topological polar surface area (TPSA) is 34.1 Å². The van der Waals surface area contributed by atoms with Gasteiger partial charge in [-0.1, -0.05) is 38.5 Å². The monoisotopic (exact) mass is 256 g/mol. The van der Waals surface area contributed by atoms with Gasteiger partial charge in [0.1, 0.15) is 0 Å². The third-order valence-electron chi connectivity index (χ3n) is 5.23. The summed E-state index contributed by atoms with van der Waals surface area (Å²) >= 11 is 0. The molecule has 17 heavy (non-hydrogen) atoms. The molecule has 3 fully saturated rings. The first-order chi connectivity index (χ1) is 8.21. The second-order valence-electron chi connectivity index (χ2n) is 6.31. The van der Waals surface area contributed by atoms with Crippen molar-refractivity contribution < 1.29 is 8.42 Å². The van der Waals surface area contributed by atoms with Crippen molar-refractivity contribution >= 4 is 9.84 Å². The largest absolute Gasteiger partial charge is 0.228 e. The van der Waals surface area contributed by atoms with Crippen molar-refractivity contribution in [2.45, 2.75) is 74.7 Å². The summed E-state index contributed by atoms with van der Waals surface area (Å²) in [5.74, 6) is 1.03. The minimum absolute atomic E-state index is 0.0749. The van der Waals surface area contributed by atoms with Crippen LogP contribution in [0.15, 0.2) is 0 Å². The molecule has 98 valence electrons. The molecule has 1 aliphatic heterocycles. The van der Waals surface area contributed by atoms with E-state index in [0.29, 0.717) is 11.8 Å². The van der Waals surface area contributed by atoms with Gasteiger partial charge in [0.05, 0.1) is 10.5 Å². The van der Waals surface area contributed by atoms with E-state index < -0.39 is 9.84 Å². The molecule has 0 amide bonds. The van der Waals surface area contributed by atoms with Gasteiger partial charge in [-0.3, -0.25) is 0 Å². The Hall–Kier alpha value is -0.0500. The normalized spacial score (nSPS) is 39.1. The van der Waals surface area contributed by atoms with Gasteiger partial charge in [0.2, 0.25) is 0 Å². The van der Waals surface area contributed by atoms with Crippen LogP contribution in [0.4, 0.5) is 0 Å². The Kier molecular flexibility index (Phi) is 3.22. The molecular formula is C14H24O2S. The maximum atomic E-state index is 12.2. The van der Waals surface area contributed by atoms with Crippen molar-refractivity contribution in [3.05, 3.63) is 0 Å². The van der Waals surface area contributed by atoms with E-state index in [4.69, 9.17) is 0 Å². The number of sulfone groups is 1. The highest BCUT2D eigenvalue weighted by atomic mass is 32.2. The zero-order chi connectivity index (χ0) is 11.9. The number of rotatable bonds is 2. The zero-order valence-corrected chi connectivity index (χ0v) is 11.4. The fourth-order valence-electron chi connectivity index (χ4n) is 4.31. The average Bonchev–Trinajstić information content (AvgIpc) is 2.94. The van der Waals surface area contributed by atoms with Gasteiger partial charge in [0.25, 0.3) is 0 Å². The Labute approximate surface area is 105 Å². The second kappa shape index (κ2) is 4.56. The molecule has 0 N–H and O–H groups in total. The van der Waals surface area contributed by atoms with E-state index in [1.165, 1.54) is 64.2 Å². The number of hydrogen-bond donors (Lipinski definition) is 0. The molecular weight excluding hydrogens is 232 g/mol. The average molecular weight is 256 g/mol. The van der Waals surface area contributed by atoms with Gasteiger partial charge in [0.15, 0.2) is 9.84 Å². The zero-order valence-electron chi connectivity index (χ0n) is 10.6. The van der Waals surface area contributed by atoms with Gasteiger partial charge in [-0.2, -0.15) is 0 Å². The highest BCUT2D eigenvalue weighted by molar-refractivity contribution is 8.00. The molecule has 1 heterocycles. The summed E-state index contributed by atoms with van der Waals surface area (Å²) < 4.78 is 24.4. The van der Waals surface area contributed by atoms with Crippen molar-refractivity contribution in [2.24, 2.45) is 11.8 Å². The van der Waals surface area contributed by atoms with Gasteiger partial charge in [0, 0.05) is 0 Å². The van der Waals surface area contributed by atoms with Crippen molar-refractivity contribution in [3.8, 4) is 0 Å². The summed E-state index contributed by atoms with van der Waals surface area (Å²) in [6, 6.07) is 0. The Bertz CT molecular complexity index is 332. The van der Waals surface area contributed by atoms with Gasteiger partial charge >= 0.3 is 0 Å². The highest BCUT2D eigenvalue weighted by Gasteiger charge is 2.62. The lowest BCUT2D eigenvalue weighted by Gasteiger charge is -2.23. The quantitative estimate of drug-likeness (QED) is 0.710. The molecule has 0 aromatic rings. The van der Waals surface area contributed by atoms with E-state index in [2.05, 4.69) is 0 Å². The van der Waals surface area contributed by atoms with E-state index in [0.717, 1.165) is 0 Å². The summed E-state index contributed by atoms with van der Waals surface area (Å²) in [6.45, 7) is 0. The van der Waals surface area contributed by atoms with Crippen molar-refractivity contribution in [3.63, 3.8) is 0 Å². The molecule has 2 nitrogen and oxygen atoms in total. The molecule has 0 spiro atoms. The van der Waals surface area contributed by atoms with Crippen molar-refractivity contribution in [1.82, 2.24) is 0 Å². The molecule has 0 unspecified atom stereocenters. The van der Waals surface area contributed by atoms with E-state index in [9.17, 15) is 8.42 Å². The maximum absolute atomic E-state index is 12.2. The lowest BCUT2D eigenvalue weighted by Crippen LogP contribution is -2.20. The van der Waals surface area contributed by atoms with Crippen LogP contribution in [0.3, 0.4) is 0 Å². The van der Waals surface area contributed by atoms with E-state index >= 15 is 0 Å². The fraction of sp³-hybridized carbons (Fsp3) is 1.00. The first-order valence-corrected chi connectivity index (χ1v) is 9.05. The van der Waals surface area contributed by atoms with Crippen molar-refractivity contribution in [1.29, 1.82) is 0 Å². The van der Waals surface area contributed by atoms with Gasteiger partial charge in [-0.05, 0) is 37.5 Å². The van der Waals surface area contributed by atoms with Crippen LogP contribution >= 0.6 is 0 Å². The lowest BCUT2D eigenvalue weighted by atomic mass is 9.80. The lowest BCUT2D eigenvalue weighted by molar-refractivity contribution is 0.312. The number of hydrogen-bond acceptors (Lipinski definition) is 2. The van der Waals surface area contributed by atoms with Crippen LogP contribution in [0, 0.1) is 11.8 Å². The van der Waals surface area contributed by atoms with Crippen LogP contribution in [0.1, 0.15) is 64.2 Å². The third-order valence-corrected chi connectivity index (χ3v) is 7.79. The predicted octanol–water partition coefficient (Wildman–Crippen LogP) is 3.31. The third kappa shape index (κ3) is 2.16. The molecule has 3 rings (SSSR count). The fourth-order valence-corrected chi connectivity index (χ4v) is 7.26. The summed E-state index contributed by atoms with van der Waals surface area (Å²) in [4.78, 5) is 0. The first-order valence-electron chi connectivity index (χ1n) is 7.44. The Morgan fingerprint density at radius 2 is 0.941 bits per heavy atom. The first kappa shape index (κ1) is 12.0. The minimum atomic E-state index is -2.70. The summed E-state index contributed by atoms with van der Waals surface area (Å²) in [5, 5.41) is 0.150. The van der Waals surface area contributed by atoms with E-state index in [-0.39, 0.29) is 10.5 Å². The minimum Gasteiger partial charge on any atom is -0.228 e. The van der Waals surface area contributed by atoms with Crippen LogP contribution < -0.4 is 0 Å². The standard InChI is InChI=1S/C14H24O2S/c15-17(16)13(11-7-3-1-4-8-11)14(17)12-9-5-2-6-10-12/h11-14H,1-10H2/t13-,14+. The smallest absolute Gasteiger partial charge is 0.159 e. The van der Waals surface area contributed by atoms with Crippen LogP contribution in [0.5, 0.6) is 0 Å². The molecule has 2 saturated carbocycles. The summed E-state index contributed by atoms with van der Waals surface area (Å²) in [7, 11) is -2.70. The molecule has 0 bridgehead atoms. The second-order valence-corrected chi connectivity index (χ2v) is 8.58. The molecule has 0 radical (unpaired) electrons. The van der Waals surface area contributed by atoms with Gasteiger partial charge in [-0.15, -0.1) is 0 Å². The Balaban J connectivity index is 1.69. The Morgan fingerprint density at radius 3 is 1.29 bits per heavy atom. The van der Waals surface area contributed by atoms with Crippen LogP contribution in [-0.4, -0.2) is 18.9 Å². The SMILES string of the molecule is O=S1(=O)[C@H](C2CCCCC2)[C@@H]1C1CCCCC1. The molecule has 0 aromatic carbocycles. The van der Waals surface area contributed by atoms with Crippen LogP contribution in [-0.2, 0) is 9.84 Å². The van der Waals surface area contributed by atoms with E-state index in [1.54, 1.807) is 0 Å². The summed E-state index contributed by atoms with van der Waals surface area (Å²) in [6.07, 6.45) is 12.4. The van der Waals surface area contributed by atoms with Crippen molar-refractivity contribution in [2.75, 3.05) is 0 Å². The molecule has 3 aliphatic rings. The Morgan fingerprint density at radius 1 is 0.588 bits per heavy atom. The molecule has 2 aliphatic carbocycles. The molecule has 2 atom stereocenters. The van der Waals surface area contributed by atoms with Gasteiger partial charge in [-0.25, -0.2) is 8.42 Å². The van der Waals surface area contributed by atoms with Gasteiger partial charge < -0.3 is 0 Å².